The molecule has 1 N–H and O–H groups in total. The number of thioether (sulfide) groups is 1. The molecule has 0 saturated carbocycles. The summed E-state index contributed by atoms with van der Waals surface area (Å²) in [5.74, 6) is 1.27. The Morgan fingerprint density at radius 2 is 2.16 bits per heavy atom. The standard InChI is InChI=1S/C15H22N2OS/c1-3-13(10-19-2)17-11-16-14(15(17)18)9-12-7-5-4-6-8-12/h4-8,13-14,16H,3,9-11H2,1-2H3. The van der Waals surface area contributed by atoms with E-state index in [9.17, 15) is 4.79 Å². The highest BCUT2D eigenvalue weighted by atomic mass is 32.2. The van der Waals surface area contributed by atoms with Gasteiger partial charge in [-0.2, -0.15) is 11.8 Å². The minimum Gasteiger partial charge on any atom is -0.325 e. The van der Waals surface area contributed by atoms with Crippen LogP contribution in [-0.4, -0.2) is 41.6 Å². The summed E-state index contributed by atoms with van der Waals surface area (Å²) in [7, 11) is 0. The SMILES string of the molecule is CCC(CSC)N1CNC(Cc2ccccc2)C1=O. The monoisotopic (exact) mass is 278 g/mol. The Morgan fingerprint density at radius 1 is 1.42 bits per heavy atom. The number of hydrogen-bond donors (Lipinski definition) is 1. The smallest absolute Gasteiger partial charge is 0.241 e. The Bertz CT molecular complexity index is 410. The lowest BCUT2D eigenvalue weighted by molar-refractivity contribution is -0.130. The molecule has 2 rings (SSSR count). The molecule has 1 fully saturated rings. The summed E-state index contributed by atoms with van der Waals surface area (Å²) in [6, 6.07) is 10.5. The van der Waals surface area contributed by atoms with Crippen LogP contribution in [0, 0.1) is 0 Å². The molecule has 1 aromatic carbocycles. The van der Waals surface area contributed by atoms with Gasteiger partial charge in [0.15, 0.2) is 0 Å². The van der Waals surface area contributed by atoms with E-state index in [0.717, 1.165) is 18.6 Å². The topological polar surface area (TPSA) is 32.3 Å². The molecule has 0 bridgehead atoms. The molecule has 19 heavy (non-hydrogen) atoms. The molecule has 104 valence electrons. The summed E-state index contributed by atoms with van der Waals surface area (Å²) in [6.07, 6.45) is 3.90. The number of carbonyl (C=O) groups is 1. The lowest BCUT2D eigenvalue weighted by atomic mass is 10.1. The average Bonchev–Trinajstić information content (AvgIpc) is 2.79. The van der Waals surface area contributed by atoms with E-state index in [-0.39, 0.29) is 11.9 Å². The second kappa shape index (κ2) is 6.96. The summed E-state index contributed by atoms with van der Waals surface area (Å²) in [5.41, 5.74) is 1.22. The van der Waals surface area contributed by atoms with E-state index in [2.05, 4.69) is 30.6 Å². The third-order valence-corrected chi connectivity index (χ3v) is 4.36. The predicted molar refractivity (Wildman–Crippen MR) is 81.2 cm³/mol. The highest BCUT2D eigenvalue weighted by molar-refractivity contribution is 7.98. The molecule has 4 heteroatoms. The van der Waals surface area contributed by atoms with E-state index in [1.165, 1.54) is 5.56 Å². The normalized spacial score (nSPS) is 20.8. The van der Waals surface area contributed by atoms with Crippen LogP contribution in [0.4, 0.5) is 0 Å². The number of benzene rings is 1. The van der Waals surface area contributed by atoms with Crippen molar-refractivity contribution >= 4 is 17.7 Å². The zero-order chi connectivity index (χ0) is 13.7. The molecule has 1 saturated heterocycles. The van der Waals surface area contributed by atoms with Gasteiger partial charge in [0, 0.05) is 11.8 Å². The highest BCUT2D eigenvalue weighted by Gasteiger charge is 2.34. The van der Waals surface area contributed by atoms with Crippen LogP contribution in [0.25, 0.3) is 0 Å². The second-order valence-corrected chi connectivity index (χ2v) is 5.84. The first kappa shape index (κ1) is 14.4. The Morgan fingerprint density at radius 3 is 2.79 bits per heavy atom. The predicted octanol–water partition coefficient (Wildman–Crippen LogP) is 2.13. The van der Waals surface area contributed by atoms with E-state index in [1.807, 2.05) is 23.1 Å². The van der Waals surface area contributed by atoms with Gasteiger partial charge < -0.3 is 4.90 Å². The number of carbonyl (C=O) groups excluding carboxylic acids is 1. The van der Waals surface area contributed by atoms with Gasteiger partial charge >= 0.3 is 0 Å². The van der Waals surface area contributed by atoms with Gasteiger partial charge in [-0.05, 0) is 24.7 Å². The molecule has 3 nitrogen and oxygen atoms in total. The van der Waals surface area contributed by atoms with E-state index in [0.29, 0.717) is 12.7 Å². The minimum absolute atomic E-state index is 0.0571. The zero-order valence-corrected chi connectivity index (χ0v) is 12.5. The van der Waals surface area contributed by atoms with E-state index in [4.69, 9.17) is 0 Å². The number of rotatable bonds is 6. The third-order valence-electron chi connectivity index (χ3n) is 3.64. The van der Waals surface area contributed by atoms with Gasteiger partial charge in [-0.15, -0.1) is 0 Å². The van der Waals surface area contributed by atoms with Gasteiger partial charge in [0.05, 0.1) is 12.7 Å². The van der Waals surface area contributed by atoms with Gasteiger partial charge in [0.2, 0.25) is 5.91 Å². The molecule has 1 aliphatic rings. The maximum Gasteiger partial charge on any atom is 0.241 e. The molecule has 2 unspecified atom stereocenters. The molecular weight excluding hydrogens is 256 g/mol. The van der Waals surface area contributed by atoms with Crippen molar-refractivity contribution in [2.75, 3.05) is 18.7 Å². The lowest BCUT2D eigenvalue weighted by Crippen LogP contribution is -2.40. The van der Waals surface area contributed by atoms with E-state index >= 15 is 0 Å². The van der Waals surface area contributed by atoms with Gasteiger partial charge in [0.25, 0.3) is 0 Å². The van der Waals surface area contributed by atoms with Crippen LogP contribution in [-0.2, 0) is 11.2 Å². The van der Waals surface area contributed by atoms with Gasteiger partial charge in [-0.25, -0.2) is 0 Å². The van der Waals surface area contributed by atoms with Crippen LogP contribution >= 0.6 is 11.8 Å². The minimum atomic E-state index is -0.0571. The molecule has 0 aliphatic carbocycles. The number of hydrogen-bond acceptors (Lipinski definition) is 3. The second-order valence-electron chi connectivity index (χ2n) is 4.93. The number of amides is 1. The quantitative estimate of drug-likeness (QED) is 0.865. The Balaban J connectivity index is 1.97. The highest BCUT2D eigenvalue weighted by Crippen LogP contribution is 2.17. The molecule has 0 aromatic heterocycles. The zero-order valence-electron chi connectivity index (χ0n) is 11.6. The van der Waals surface area contributed by atoms with Gasteiger partial charge in [0.1, 0.15) is 0 Å². The van der Waals surface area contributed by atoms with Crippen LogP contribution < -0.4 is 5.32 Å². The molecular formula is C15H22N2OS. The largest absolute Gasteiger partial charge is 0.325 e. The molecule has 1 aliphatic heterocycles. The van der Waals surface area contributed by atoms with Crippen molar-refractivity contribution in [3.8, 4) is 0 Å². The van der Waals surface area contributed by atoms with E-state index in [1.54, 1.807) is 11.8 Å². The van der Waals surface area contributed by atoms with Crippen molar-refractivity contribution in [1.29, 1.82) is 0 Å². The van der Waals surface area contributed by atoms with Crippen molar-refractivity contribution in [1.82, 2.24) is 10.2 Å². The molecule has 1 aromatic rings. The summed E-state index contributed by atoms with van der Waals surface area (Å²) in [4.78, 5) is 14.4. The van der Waals surface area contributed by atoms with E-state index < -0.39 is 0 Å². The van der Waals surface area contributed by atoms with Crippen LogP contribution in [0.1, 0.15) is 18.9 Å². The average molecular weight is 278 g/mol. The first-order chi connectivity index (χ1) is 9.26. The van der Waals surface area contributed by atoms with Gasteiger partial charge in [-0.3, -0.25) is 10.1 Å². The fourth-order valence-electron chi connectivity index (χ4n) is 2.51. The summed E-state index contributed by atoms with van der Waals surface area (Å²) < 4.78 is 0. The summed E-state index contributed by atoms with van der Waals surface area (Å²) in [5, 5.41) is 3.35. The van der Waals surface area contributed by atoms with Crippen LogP contribution in [0.2, 0.25) is 0 Å². The number of nitrogens with one attached hydrogen (secondary N) is 1. The number of nitrogens with zero attached hydrogens (tertiary/aromatic N) is 1. The fraction of sp³-hybridized carbons (Fsp3) is 0.533. The van der Waals surface area contributed by atoms with Crippen LogP contribution in [0.15, 0.2) is 30.3 Å². The summed E-state index contributed by atoms with van der Waals surface area (Å²) in [6.45, 7) is 2.84. The Hall–Kier alpha value is -1.00. The molecule has 1 amide bonds. The van der Waals surface area contributed by atoms with Crippen molar-refractivity contribution in [3.63, 3.8) is 0 Å². The molecule has 1 heterocycles. The lowest BCUT2D eigenvalue weighted by Gasteiger charge is -2.25. The molecule has 0 spiro atoms. The first-order valence-corrected chi connectivity index (χ1v) is 8.22. The molecule has 0 radical (unpaired) electrons. The maximum absolute atomic E-state index is 12.4. The maximum atomic E-state index is 12.4. The third kappa shape index (κ3) is 3.51. The first-order valence-electron chi connectivity index (χ1n) is 6.83. The van der Waals surface area contributed by atoms with Crippen molar-refractivity contribution in [3.05, 3.63) is 35.9 Å². The molecule has 2 atom stereocenters. The van der Waals surface area contributed by atoms with Gasteiger partial charge in [-0.1, -0.05) is 37.3 Å². The Kier molecular flexibility index (Phi) is 5.28. The van der Waals surface area contributed by atoms with Crippen molar-refractivity contribution in [2.24, 2.45) is 0 Å². The van der Waals surface area contributed by atoms with Crippen LogP contribution in [0.3, 0.4) is 0 Å². The van der Waals surface area contributed by atoms with Crippen molar-refractivity contribution in [2.45, 2.75) is 31.8 Å². The van der Waals surface area contributed by atoms with Crippen molar-refractivity contribution < 1.29 is 4.79 Å². The Labute approximate surface area is 119 Å². The summed E-state index contributed by atoms with van der Waals surface area (Å²) >= 11 is 1.81. The fourth-order valence-corrected chi connectivity index (χ4v) is 3.31. The van der Waals surface area contributed by atoms with Crippen LogP contribution in [0.5, 0.6) is 0 Å².